The Morgan fingerprint density at radius 3 is 2.67 bits per heavy atom. The Morgan fingerprint density at radius 2 is 2.05 bits per heavy atom. The Bertz CT molecular complexity index is 1560. The van der Waals surface area contributed by atoms with Crippen LogP contribution >= 0.6 is 11.3 Å². The number of carbonyl (C=O) groups is 2. The lowest BCUT2D eigenvalue weighted by molar-refractivity contribution is 0.0831. The number of anilines is 3. The fourth-order valence-electron chi connectivity index (χ4n) is 4.58. The minimum Gasteiger partial charge on any atom is -0.416 e. The van der Waals surface area contributed by atoms with Crippen LogP contribution in [0.25, 0.3) is 11.3 Å². The molecule has 0 spiro atoms. The Morgan fingerprint density at radius 1 is 1.33 bits per heavy atom. The number of hydrogen-bond donors (Lipinski definition) is 1. The number of nitrogens with zero attached hydrogens (tertiary/aromatic N) is 6. The van der Waals surface area contributed by atoms with Crippen LogP contribution in [0.15, 0.2) is 24.4 Å². The summed E-state index contributed by atoms with van der Waals surface area (Å²) in [7, 11) is 2.82. The number of fused-ring (bicyclic) bond motifs is 1. The molecule has 219 valence electrons. The molecule has 0 fully saturated rings. The molecule has 1 radical (unpaired) electrons. The van der Waals surface area contributed by atoms with Gasteiger partial charge < -0.3 is 24.2 Å². The molecule has 0 saturated carbocycles. The Balaban J connectivity index is 1.72. The Kier molecular flexibility index (Phi) is 8.65. The topological polar surface area (TPSA) is 124 Å². The summed E-state index contributed by atoms with van der Waals surface area (Å²) in [6.07, 6.45) is 2.39. The molecule has 1 aliphatic heterocycles. The minimum absolute atomic E-state index is 0.0416. The van der Waals surface area contributed by atoms with Gasteiger partial charge in [0.25, 0.3) is 5.91 Å². The quantitative estimate of drug-likeness (QED) is 0.262. The lowest BCUT2D eigenvalue weighted by Crippen LogP contribution is -2.46. The maximum Gasteiger partial charge on any atom is 0.329 e. The van der Waals surface area contributed by atoms with E-state index in [0.29, 0.717) is 46.1 Å². The minimum atomic E-state index is -2.06. The van der Waals surface area contributed by atoms with Crippen molar-refractivity contribution >= 4 is 55.9 Å². The van der Waals surface area contributed by atoms with Gasteiger partial charge in [-0.3, -0.25) is 4.79 Å². The van der Waals surface area contributed by atoms with Gasteiger partial charge in [0.1, 0.15) is 17.1 Å². The zero-order chi connectivity index (χ0) is 31.0. The number of hydrogen-bond acceptors (Lipinski definition) is 10. The third-order valence-corrected chi connectivity index (χ3v) is 13.6. The van der Waals surface area contributed by atoms with Gasteiger partial charge in [-0.05, 0) is 48.8 Å². The molecular weight excluding hydrogens is 565 g/mol. The van der Waals surface area contributed by atoms with Gasteiger partial charge in [-0.15, -0.1) is 0 Å². The van der Waals surface area contributed by atoms with Crippen LogP contribution in [0, 0.1) is 18.3 Å². The number of nitriles is 1. The van der Waals surface area contributed by atoms with Crippen LogP contribution in [0.1, 0.15) is 54.2 Å². The van der Waals surface area contributed by atoms with Gasteiger partial charge in [-0.1, -0.05) is 39.0 Å². The third kappa shape index (κ3) is 6.11. The molecule has 1 aliphatic rings. The zero-order valence-corrected chi connectivity index (χ0v) is 27.5. The number of thiazole rings is 1. The molecule has 0 saturated heterocycles. The standard InChI is InChI=1S/C29H37BN7O3SSi/c1-18-24(25(39)36(6)7)41-27(33-18)35-26-32-11-10-22(34-26)19-12-20(14-31)23-21(13-19)29(5,15-37(23)30-17-38)16-40-42(8,9)28(2,3)4/h10-13,17H,15-16H2,1-9H3,(H,32,33,34,35)/t29-/m1/s1. The number of amides is 1. The van der Waals surface area contributed by atoms with Gasteiger partial charge in [-0.25, -0.2) is 15.0 Å². The highest BCUT2D eigenvalue weighted by Crippen LogP contribution is 2.46. The fourth-order valence-corrected chi connectivity index (χ4v) is 6.68. The maximum absolute atomic E-state index is 12.5. The van der Waals surface area contributed by atoms with E-state index < -0.39 is 13.7 Å². The third-order valence-electron chi connectivity index (χ3n) is 8.05. The fraction of sp³-hybridized carbons (Fsp3) is 0.448. The van der Waals surface area contributed by atoms with Crippen LogP contribution in [0.5, 0.6) is 0 Å². The van der Waals surface area contributed by atoms with E-state index in [1.807, 2.05) is 10.9 Å². The summed E-state index contributed by atoms with van der Waals surface area (Å²) in [6.45, 7) is 15.9. The molecule has 0 bridgehead atoms. The van der Waals surface area contributed by atoms with E-state index in [0.717, 1.165) is 23.0 Å². The first-order valence-corrected chi connectivity index (χ1v) is 17.4. The number of nitrogens with one attached hydrogen (secondary N) is 1. The average Bonchev–Trinajstić information content (AvgIpc) is 3.42. The van der Waals surface area contributed by atoms with Crippen molar-refractivity contribution in [3.63, 3.8) is 0 Å². The lowest BCUT2D eigenvalue weighted by atomic mass is 9.83. The summed E-state index contributed by atoms with van der Waals surface area (Å²) < 4.78 is 6.67. The number of benzene rings is 1. The van der Waals surface area contributed by atoms with Crippen LogP contribution in [0.2, 0.25) is 18.1 Å². The van der Waals surface area contributed by atoms with Crippen molar-refractivity contribution in [3.8, 4) is 17.3 Å². The molecule has 3 heterocycles. The molecule has 3 aromatic rings. The first-order chi connectivity index (χ1) is 19.6. The summed E-state index contributed by atoms with van der Waals surface area (Å²) in [5, 5.41) is 13.8. The zero-order valence-electron chi connectivity index (χ0n) is 25.7. The van der Waals surface area contributed by atoms with Gasteiger partial charge >= 0.3 is 7.41 Å². The van der Waals surface area contributed by atoms with Gasteiger partial charge in [0, 0.05) is 50.1 Å². The van der Waals surface area contributed by atoms with Crippen LogP contribution in [-0.4, -0.2) is 74.9 Å². The molecule has 42 heavy (non-hydrogen) atoms. The SMILES string of the molecule is Cc1nc(Nc2nccc(-c3cc(C#N)c4c(c3)[C@@](C)(CO[Si](C)(C)C(C)(C)C)CN4[B]C=O)n2)sc1C(=O)N(C)C. The van der Waals surface area contributed by atoms with E-state index in [9.17, 15) is 14.9 Å². The van der Waals surface area contributed by atoms with Gasteiger partial charge in [0.05, 0.1) is 17.0 Å². The number of carbonyl (C=O) groups excluding carboxylic acids is 2. The highest BCUT2D eigenvalue weighted by molar-refractivity contribution is 7.17. The summed E-state index contributed by atoms with van der Waals surface area (Å²) in [5.41, 5.74) is 3.64. The molecule has 13 heteroatoms. The molecule has 1 atom stereocenters. The molecule has 0 aliphatic carbocycles. The highest BCUT2D eigenvalue weighted by atomic mass is 32.1. The summed E-state index contributed by atoms with van der Waals surface area (Å²) in [6, 6.07) is 7.95. The second-order valence-electron chi connectivity index (χ2n) is 12.6. The van der Waals surface area contributed by atoms with E-state index in [1.54, 1.807) is 39.3 Å². The first kappa shape index (κ1) is 31.3. The van der Waals surface area contributed by atoms with Crippen LogP contribution < -0.4 is 10.1 Å². The molecular formula is C29H37BN7O3SSi. The summed E-state index contributed by atoms with van der Waals surface area (Å²) in [4.78, 5) is 41.5. The molecule has 1 amide bonds. The van der Waals surface area contributed by atoms with Gasteiger partial charge in [-0.2, -0.15) is 5.26 Å². The Hall–Kier alpha value is -3.60. The van der Waals surface area contributed by atoms with Gasteiger partial charge in [0.15, 0.2) is 13.4 Å². The lowest BCUT2D eigenvalue weighted by Gasteiger charge is -2.39. The van der Waals surface area contributed by atoms with Crippen molar-refractivity contribution in [2.75, 3.05) is 37.4 Å². The van der Waals surface area contributed by atoms with Crippen LogP contribution in [0.4, 0.5) is 16.8 Å². The van der Waals surface area contributed by atoms with Crippen LogP contribution in [0.3, 0.4) is 0 Å². The first-order valence-electron chi connectivity index (χ1n) is 13.7. The van der Waals surface area contributed by atoms with E-state index >= 15 is 0 Å². The largest absolute Gasteiger partial charge is 0.416 e. The summed E-state index contributed by atoms with van der Waals surface area (Å²) >= 11 is 1.24. The van der Waals surface area contributed by atoms with Crippen molar-refractivity contribution in [1.82, 2.24) is 19.9 Å². The van der Waals surface area contributed by atoms with Crippen molar-refractivity contribution in [1.29, 1.82) is 5.26 Å². The van der Waals surface area contributed by atoms with E-state index in [4.69, 9.17) is 9.41 Å². The van der Waals surface area contributed by atoms with Crippen molar-refractivity contribution in [2.45, 2.75) is 58.2 Å². The van der Waals surface area contributed by atoms with Crippen molar-refractivity contribution in [2.24, 2.45) is 0 Å². The Labute approximate surface area is 253 Å². The molecule has 1 aromatic carbocycles. The predicted molar refractivity (Wildman–Crippen MR) is 171 cm³/mol. The van der Waals surface area contributed by atoms with E-state index in [1.165, 1.54) is 23.7 Å². The molecule has 0 unspecified atom stereocenters. The molecule has 10 nitrogen and oxygen atoms in total. The number of aromatic nitrogens is 3. The second-order valence-corrected chi connectivity index (χ2v) is 18.4. The number of aryl methyl sites for hydroxylation is 1. The molecule has 4 rings (SSSR count). The van der Waals surface area contributed by atoms with Crippen LogP contribution in [-0.2, 0) is 14.6 Å². The van der Waals surface area contributed by atoms with Crippen molar-refractivity contribution in [3.05, 3.63) is 46.1 Å². The van der Waals surface area contributed by atoms with Crippen molar-refractivity contribution < 1.29 is 14.0 Å². The van der Waals surface area contributed by atoms with E-state index in [-0.39, 0.29) is 10.9 Å². The molecule has 2 aromatic heterocycles. The highest BCUT2D eigenvalue weighted by Gasteiger charge is 2.44. The maximum atomic E-state index is 12.5. The smallest absolute Gasteiger partial charge is 0.329 e. The monoisotopic (exact) mass is 602 g/mol. The van der Waals surface area contributed by atoms with Gasteiger partial charge in [0.2, 0.25) is 5.95 Å². The predicted octanol–water partition coefficient (Wildman–Crippen LogP) is 5.13. The summed E-state index contributed by atoms with van der Waals surface area (Å²) in [5.74, 6) is 0.209. The average molecular weight is 603 g/mol. The van der Waals surface area contributed by atoms with E-state index in [2.05, 4.69) is 62.1 Å². The normalized spacial score (nSPS) is 16.5. The number of rotatable bonds is 9. The molecule has 1 N–H and O–H groups in total. The second kappa shape index (κ2) is 11.6.